The zero-order chi connectivity index (χ0) is 12.9. The van der Waals surface area contributed by atoms with E-state index in [4.69, 9.17) is 0 Å². The second-order valence-electron chi connectivity index (χ2n) is 5.30. The summed E-state index contributed by atoms with van der Waals surface area (Å²) in [7, 11) is 0.347. The molecule has 0 N–H and O–H groups in total. The van der Waals surface area contributed by atoms with Crippen LogP contribution in [0.4, 0.5) is 0 Å². The van der Waals surface area contributed by atoms with Gasteiger partial charge in [0.25, 0.3) is 0 Å². The first kappa shape index (κ1) is 17.4. The highest BCUT2D eigenvalue weighted by Gasteiger charge is 2.17. The largest absolute Gasteiger partial charge is 0.104 e. The molecular weight excluding hydrogens is 223 g/mol. The maximum Gasteiger partial charge on any atom is -0.0212 e. The van der Waals surface area contributed by atoms with Gasteiger partial charge in [0.1, 0.15) is 0 Å². The highest BCUT2D eigenvalue weighted by atomic mass is 31.1. The summed E-state index contributed by atoms with van der Waals surface area (Å²) in [6.07, 6.45) is 16.1. The summed E-state index contributed by atoms with van der Waals surface area (Å²) >= 11 is 0. The summed E-state index contributed by atoms with van der Waals surface area (Å²) < 4.78 is 0. The molecule has 0 aliphatic rings. The van der Waals surface area contributed by atoms with Crippen LogP contribution in [0, 0.1) is 0 Å². The Kier molecular flexibility index (Phi) is 13.2. The van der Waals surface area contributed by atoms with Crippen molar-refractivity contribution in [1.29, 1.82) is 0 Å². The first-order chi connectivity index (χ1) is 8.29. The summed E-state index contributed by atoms with van der Waals surface area (Å²) in [6.45, 7) is 9.41. The number of hydrogen-bond acceptors (Lipinski definition) is 0. The third kappa shape index (κ3) is 9.06. The number of unbranched alkanes of at least 4 members (excludes halogenated alkanes) is 4. The van der Waals surface area contributed by atoms with Crippen LogP contribution >= 0.6 is 7.92 Å². The van der Waals surface area contributed by atoms with E-state index in [1.165, 1.54) is 57.8 Å². The predicted octanol–water partition coefficient (Wildman–Crippen LogP) is 6.43. The Morgan fingerprint density at radius 2 is 1.24 bits per heavy atom. The van der Waals surface area contributed by atoms with Crippen molar-refractivity contribution >= 4 is 7.92 Å². The molecule has 0 saturated carbocycles. The molecule has 17 heavy (non-hydrogen) atoms. The lowest BCUT2D eigenvalue weighted by atomic mass is 10.2. The van der Waals surface area contributed by atoms with Gasteiger partial charge in [-0.2, -0.15) is 0 Å². The normalized spacial score (nSPS) is 13.2. The topological polar surface area (TPSA) is 0 Å². The Bertz CT molecular complexity index is 134. The molecule has 0 bridgehead atoms. The van der Waals surface area contributed by atoms with Crippen LogP contribution in [0.25, 0.3) is 0 Å². The van der Waals surface area contributed by atoms with E-state index in [1.54, 1.807) is 12.3 Å². The fraction of sp³-hybridized carbons (Fsp3) is 1.00. The van der Waals surface area contributed by atoms with E-state index in [1.807, 2.05) is 0 Å². The number of rotatable bonds is 12. The minimum Gasteiger partial charge on any atom is -0.104 e. The Hall–Kier alpha value is 0.430. The first-order valence-electron chi connectivity index (χ1n) is 8.04. The molecule has 104 valence electrons. The van der Waals surface area contributed by atoms with Gasteiger partial charge in [0.05, 0.1) is 0 Å². The Morgan fingerprint density at radius 1 is 0.706 bits per heavy atom. The predicted molar refractivity (Wildman–Crippen MR) is 84.7 cm³/mol. The van der Waals surface area contributed by atoms with Crippen molar-refractivity contribution in [2.24, 2.45) is 0 Å². The van der Waals surface area contributed by atoms with Crippen LogP contribution in [0.5, 0.6) is 0 Å². The van der Waals surface area contributed by atoms with E-state index >= 15 is 0 Å². The quantitative estimate of drug-likeness (QED) is 0.279. The van der Waals surface area contributed by atoms with Crippen molar-refractivity contribution in [1.82, 2.24) is 0 Å². The van der Waals surface area contributed by atoms with E-state index in [9.17, 15) is 0 Å². The van der Waals surface area contributed by atoms with Crippen molar-refractivity contribution in [3.63, 3.8) is 0 Å². The minimum atomic E-state index is 0.347. The monoisotopic (exact) mass is 258 g/mol. The average Bonchev–Trinajstić information content (AvgIpc) is 2.35. The summed E-state index contributed by atoms with van der Waals surface area (Å²) in [4.78, 5) is 0. The molecule has 0 aliphatic heterocycles. The highest BCUT2D eigenvalue weighted by molar-refractivity contribution is 7.58. The molecule has 0 aromatic rings. The summed E-state index contributed by atoms with van der Waals surface area (Å²) in [5.74, 6) is 0. The van der Waals surface area contributed by atoms with Crippen molar-refractivity contribution in [2.75, 3.05) is 12.3 Å². The average molecular weight is 258 g/mol. The second-order valence-corrected chi connectivity index (χ2v) is 8.10. The van der Waals surface area contributed by atoms with Crippen LogP contribution in [0.1, 0.15) is 85.5 Å². The fourth-order valence-corrected chi connectivity index (χ4v) is 5.94. The lowest BCUT2D eigenvalue weighted by Gasteiger charge is -2.27. The maximum absolute atomic E-state index is 2.41. The summed E-state index contributed by atoms with van der Waals surface area (Å²) in [5.41, 5.74) is 1.07. The van der Waals surface area contributed by atoms with Gasteiger partial charge in [-0.15, -0.1) is 7.92 Å². The third-order valence-corrected chi connectivity index (χ3v) is 7.14. The van der Waals surface area contributed by atoms with E-state index in [-0.39, 0.29) is 0 Å². The van der Waals surface area contributed by atoms with Crippen LogP contribution in [-0.2, 0) is 0 Å². The molecule has 0 nitrogen and oxygen atoms in total. The molecule has 0 heterocycles. The minimum absolute atomic E-state index is 0.347. The van der Waals surface area contributed by atoms with Crippen molar-refractivity contribution in [2.45, 2.75) is 91.1 Å². The smallest absolute Gasteiger partial charge is 0.0212 e. The fourth-order valence-electron chi connectivity index (χ4n) is 2.58. The maximum atomic E-state index is 2.41. The summed E-state index contributed by atoms with van der Waals surface area (Å²) in [6, 6.07) is 0. The highest BCUT2D eigenvalue weighted by Crippen LogP contribution is 2.46. The molecule has 1 unspecified atom stereocenters. The van der Waals surface area contributed by atoms with Crippen LogP contribution in [0.15, 0.2) is 0 Å². The Morgan fingerprint density at radius 3 is 1.59 bits per heavy atom. The molecule has 1 atom stereocenters. The molecule has 0 rings (SSSR count). The zero-order valence-electron chi connectivity index (χ0n) is 12.8. The van der Waals surface area contributed by atoms with Gasteiger partial charge in [-0.3, -0.25) is 0 Å². The van der Waals surface area contributed by atoms with Gasteiger partial charge < -0.3 is 0 Å². The standard InChI is InChI=1S/C16H35P/c1-5-9-11-14-17(15-12-10-6-2)16(8-4)13-7-3/h16H,5-15H2,1-4H3. The van der Waals surface area contributed by atoms with Crippen LogP contribution < -0.4 is 0 Å². The SMILES string of the molecule is CCCCCP(CCCCC)C(CC)CCC. The molecule has 0 spiro atoms. The van der Waals surface area contributed by atoms with E-state index in [0.29, 0.717) is 7.92 Å². The van der Waals surface area contributed by atoms with Gasteiger partial charge >= 0.3 is 0 Å². The van der Waals surface area contributed by atoms with Crippen LogP contribution in [-0.4, -0.2) is 18.0 Å². The molecule has 0 aliphatic carbocycles. The second kappa shape index (κ2) is 12.9. The van der Waals surface area contributed by atoms with Crippen molar-refractivity contribution in [3.8, 4) is 0 Å². The van der Waals surface area contributed by atoms with E-state index in [0.717, 1.165) is 5.66 Å². The Balaban J connectivity index is 4.04. The van der Waals surface area contributed by atoms with Gasteiger partial charge in [0.15, 0.2) is 0 Å². The molecule has 0 amide bonds. The first-order valence-corrected chi connectivity index (χ1v) is 9.82. The molecule has 1 heteroatoms. The lowest BCUT2D eigenvalue weighted by Crippen LogP contribution is -2.09. The molecule has 0 aromatic carbocycles. The molecular formula is C16H35P. The van der Waals surface area contributed by atoms with Gasteiger partial charge in [0, 0.05) is 0 Å². The van der Waals surface area contributed by atoms with Crippen LogP contribution in [0.3, 0.4) is 0 Å². The van der Waals surface area contributed by atoms with E-state index < -0.39 is 0 Å². The third-order valence-electron chi connectivity index (χ3n) is 3.71. The van der Waals surface area contributed by atoms with Crippen LogP contribution in [0.2, 0.25) is 0 Å². The molecule has 0 fully saturated rings. The molecule has 0 saturated heterocycles. The molecule has 0 aromatic heterocycles. The van der Waals surface area contributed by atoms with Gasteiger partial charge in [0.2, 0.25) is 0 Å². The molecule has 0 radical (unpaired) electrons. The Labute approximate surface area is 112 Å². The summed E-state index contributed by atoms with van der Waals surface area (Å²) in [5, 5.41) is 0. The van der Waals surface area contributed by atoms with E-state index in [2.05, 4.69) is 27.7 Å². The number of hydrogen-bond donors (Lipinski definition) is 0. The van der Waals surface area contributed by atoms with Gasteiger partial charge in [-0.25, -0.2) is 0 Å². The van der Waals surface area contributed by atoms with Gasteiger partial charge in [-0.05, 0) is 43.7 Å². The van der Waals surface area contributed by atoms with Gasteiger partial charge in [-0.1, -0.05) is 59.8 Å². The van der Waals surface area contributed by atoms with Crippen molar-refractivity contribution < 1.29 is 0 Å². The van der Waals surface area contributed by atoms with Crippen molar-refractivity contribution in [3.05, 3.63) is 0 Å². The zero-order valence-corrected chi connectivity index (χ0v) is 13.7. The lowest BCUT2D eigenvalue weighted by molar-refractivity contribution is 0.694.